The lowest BCUT2D eigenvalue weighted by Gasteiger charge is -2.37. The Bertz CT molecular complexity index is 1130. The van der Waals surface area contributed by atoms with Gasteiger partial charge < -0.3 is 15.2 Å². The van der Waals surface area contributed by atoms with E-state index in [-0.39, 0.29) is 16.7 Å². The fourth-order valence-electron chi connectivity index (χ4n) is 3.62. The van der Waals surface area contributed by atoms with Crippen LogP contribution in [0.25, 0.3) is 0 Å². The predicted octanol–water partition coefficient (Wildman–Crippen LogP) is 3.68. The van der Waals surface area contributed by atoms with Crippen molar-refractivity contribution in [3.8, 4) is 0 Å². The van der Waals surface area contributed by atoms with Gasteiger partial charge in [-0.05, 0) is 23.1 Å². The molecular weight excluding hydrogens is 452 g/mol. The molecule has 2 unspecified atom stereocenters. The highest BCUT2D eigenvalue weighted by molar-refractivity contribution is 5.95. The van der Waals surface area contributed by atoms with Crippen molar-refractivity contribution >= 4 is 17.6 Å². The van der Waals surface area contributed by atoms with Gasteiger partial charge in [0.25, 0.3) is 5.91 Å². The Kier molecular flexibility index (Phi) is 5.92. The van der Waals surface area contributed by atoms with Crippen molar-refractivity contribution < 1.29 is 41.9 Å². The Morgan fingerprint density at radius 3 is 2.42 bits per heavy atom. The number of nitro groups is 1. The quantitative estimate of drug-likeness (QED) is 0.288. The number of esters is 1. The van der Waals surface area contributed by atoms with Crippen LogP contribution in [-0.4, -0.2) is 33.7 Å². The molecule has 2 atom stereocenters. The molecule has 1 aliphatic heterocycles. The number of carbonyl (C=O) groups is 2. The lowest BCUT2D eigenvalue weighted by molar-refractivity contribution is -0.387. The number of rotatable bonds is 6. The SMILES string of the molecule is CC(C)(CC(O)(C(=O)NC1OC(=O)c2ccccc21)C(F)(F)F)c1ccc([N+](=O)[O-])c(F)c1. The number of carbonyl (C=O) groups excluding carboxylic acids is 2. The third-order valence-corrected chi connectivity index (χ3v) is 5.42. The second-order valence-corrected chi connectivity index (χ2v) is 8.19. The Morgan fingerprint density at radius 1 is 1.21 bits per heavy atom. The molecule has 2 aromatic carbocycles. The zero-order chi connectivity index (χ0) is 24.8. The van der Waals surface area contributed by atoms with Crippen molar-refractivity contribution in [1.82, 2.24) is 5.32 Å². The standard InChI is InChI=1S/C21H18F4N2O6/c1-19(2,11-7-8-15(27(31)32)14(22)9-11)10-20(30,21(23,24)25)18(29)26-16-12-5-3-4-6-13(12)17(28)33-16/h3-9,16,30H,10H2,1-2H3,(H,26,29). The summed E-state index contributed by atoms with van der Waals surface area (Å²) in [7, 11) is 0. The summed E-state index contributed by atoms with van der Waals surface area (Å²) in [6, 6.07) is 8.25. The number of benzene rings is 2. The molecule has 0 saturated carbocycles. The van der Waals surface area contributed by atoms with Crippen LogP contribution in [0.3, 0.4) is 0 Å². The van der Waals surface area contributed by atoms with Crippen molar-refractivity contribution in [2.24, 2.45) is 0 Å². The molecule has 0 bridgehead atoms. The van der Waals surface area contributed by atoms with Gasteiger partial charge in [-0.3, -0.25) is 14.9 Å². The molecule has 33 heavy (non-hydrogen) atoms. The van der Waals surface area contributed by atoms with Crippen molar-refractivity contribution in [2.75, 3.05) is 0 Å². The van der Waals surface area contributed by atoms with Crippen molar-refractivity contribution in [1.29, 1.82) is 0 Å². The number of nitrogens with one attached hydrogen (secondary N) is 1. The molecule has 12 heteroatoms. The van der Waals surface area contributed by atoms with E-state index in [0.29, 0.717) is 6.07 Å². The molecule has 0 spiro atoms. The van der Waals surface area contributed by atoms with E-state index < -0.39 is 58.1 Å². The van der Waals surface area contributed by atoms with E-state index in [1.165, 1.54) is 38.1 Å². The lowest BCUT2D eigenvalue weighted by Crippen LogP contribution is -2.59. The zero-order valence-corrected chi connectivity index (χ0v) is 17.3. The molecule has 2 N–H and O–H groups in total. The van der Waals surface area contributed by atoms with E-state index in [0.717, 1.165) is 12.1 Å². The number of hydrogen-bond acceptors (Lipinski definition) is 6. The van der Waals surface area contributed by atoms with Crippen LogP contribution in [0.4, 0.5) is 23.2 Å². The number of alkyl halides is 3. The van der Waals surface area contributed by atoms with Gasteiger partial charge in [0.15, 0.2) is 0 Å². The third kappa shape index (κ3) is 4.38. The first kappa shape index (κ1) is 24.1. The van der Waals surface area contributed by atoms with Crippen molar-refractivity contribution in [3.05, 3.63) is 75.1 Å². The second kappa shape index (κ2) is 8.10. The third-order valence-electron chi connectivity index (χ3n) is 5.42. The van der Waals surface area contributed by atoms with E-state index in [1.54, 1.807) is 0 Å². The van der Waals surface area contributed by atoms with Gasteiger partial charge in [0.1, 0.15) is 0 Å². The number of hydrogen-bond donors (Lipinski definition) is 2. The Labute approximate surface area is 184 Å². The van der Waals surface area contributed by atoms with E-state index in [4.69, 9.17) is 4.74 Å². The van der Waals surface area contributed by atoms with Gasteiger partial charge in [-0.15, -0.1) is 0 Å². The number of nitro benzene ring substituents is 1. The first-order chi connectivity index (χ1) is 15.2. The molecule has 0 radical (unpaired) electrons. The van der Waals surface area contributed by atoms with Crippen LogP contribution in [0.1, 0.15) is 48.0 Å². The van der Waals surface area contributed by atoms with E-state index in [9.17, 15) is 42.4 Å². The number of ether oxygens (including phenoxy) is 1. The van der Waals surface area contributed by atoms with Gasteiger partial charge >= 0.3 is 17.8 Å². The number of nitrogens with zero attached hydrogens (tertiary/aromatic N) is 1. The number of cyclic esters (lactones) is 1. The van der Waals surface area contributed by atoms with E-state index >= 15 is 0 Å². The highest BCUT2D eigenvalue weighted by Gasteiger charge is 2.62. The highest BCUT2D eigenvalue weighted by Crippen LogP contribution is 2.42. The molecule has 1 heterocycles. The first-order valence-corrected chi connectivity index (χ1v) is 9.52. The topological polar surface area (TPSA) is 119 Å². The highest BCUT2D eigenvalue weighted by atomic mass is 19.4. The molecule has 0 saturated heterocycles. The molecule has 176 valence electrons. The fraction of sp³-hybridized carbons (Fsp3) is 0.333. The van der Waals surface area contributed by atoms with Crippen LogP contribution >= 0.6 is 0 Å². The summed E-state index contributed by atoms with van der Waals surface area (Å²) in [6.07, 6.45) is -8.26. The van der Waals surface area contributed by atoms with Crippen LogP contribution in [0, 0.1) is 15.9 Å². The Hall–Kier alpha value is -3.54. The average molecular weight is 470 g/mol. The summed E-state index contributed by atoms with van der Waals surface area (Å²) >= 11 is 0. The monoisotopic (exact) mass is 470 g/mol. The molecule has 0 fully saturated rings. The lowest BCUT2D eigenvalue weighted by atomic mass is 9.74. The van der Waals surface area contributed by atoms with Crippen LogP contribution in [0.15, 0.2) is 42.5 Å². The average Bonchev–Trinajstić information content (AvgIpc) is 3.02. The smallest absolute Gasteiger partial charge is 0.426 e. The molecule has 2 aromatic rings. The minimum Gasteiger partial charge on any atom is -0.434 e. The molecular formula is C21H18F4N2O6. The minimum atomic E-state index is -5.46. The Morgan fingerprint density at radius 2 is 1.85 bits per heavy atom. The summed E-state index contributed by atoms with van der Waals surface area (Å²) in [5, 5.41) is 23.2. The van der Waals surface area contributed by atoms with Crippen molar-refractivity contribution in [2.45, 2.75) is 43.7 Å². The number of fused-ring (bicyclic) bond motifs is 1. The molecule has 1 amide bonds. The normalized spacial score (nSPS) is 17.7. The maximum absolute atomic E-state index is 14.1. The predicted molar refractivity (Wildman–Crippen MR) is 104 cm³/mol. The van der Waals surface area contributed by atoms with Crippen LogP contribution in [-0.2, 0) is 14.9 Å². The van der Waals surface area contributed by atoms with Crippen LogP contribution in [0.2, 0.25) is 0 Å². The maximum atomic E-state index is 14.1. The second-order valence-electron chi connectivity index (χ2n) is 8.19. The minimum absolute atomic E-state index is 0.0556. The summed E-state index contributed by atoms with van der Waals surface area (Å²) in [6.45, 7) is 2.42. The zero-order valence-electron chi connectivity index (χ0n) is 17.3. The molecule has 0 aromatic heterocycles. The molecule has 1 aliphatic rings. The first-order valence-electron chi connectivity index (χ1n) is 9.52. The number of amides is 1. The largest absolute Gasteiger partial charge is 0.434 e. The summed E-state index contributed by atoms with van der Waals surface area (Å²) < 4.78 is 60.7. The summed E-state index contributed by atoms with van der Waals surface area (Å²) in [5.41, 5.74) is -6.43. The number of halogens is 4. The van der Waals surface area contributed by atoms with Gasteiger partial charge in [-0.2, -0.15) is 17.6 Å². The van der Waals surface area contributed by atoms with Gasteiger partial charge in [0, 0.05) is 18.1 Å². The van der Waals surface area contributed by atoms with Crippen LogP contribution in [0.5, 0.6) is 0 Å². The molecule has 3 rings (SSSR count). The summed E-state index contributed by atoms with van der Waals surface area (Å²) in [4.78, 5) is 34.4. The van der Waals surface area contributed by atoms with Crippen LogP contribution < -0.4 is 5.32 Å². The maximum Gasteiger partial charge on any atom is 0.426 e. The van der Waals surface area contributed by atoms with Gasteiger partial charge in [0.2, 0.25) is 17.6 Å². The van der Waals surface area contributed by atoms with Gasteiger partial charge in [0.05, 0.1) is 10.5 Å². The fourth-order valence-corrected chi connectivity index (χ4v) is 3.62. The van der Waals surface area contributed by atoms with E-state index in [2.05, 4.69) is 0 Å². The van der Waals surface area contributed by atoms with Crippen molar-refractivity contribution in [3.63, 3.8) is 0 Å². The van der Waals surface area contributed by atoms with Gasteiger partial charge in [-0.1, -0.05) is 38.1 Å². The van der Waals surface area contributed by atoms with Gasteiger partial charge in [-0.25, -0.2) is 4.79 Å². The Balaban J connectivity index is 1.91. The summed E-state index contributed by atoms with van der Waals surface area (Å²) in [5.74, 6) is -4.01. The number of aliphatic hydroxyl groups is 1. The van der Waals surface area contributed by atoms with E-state index in [1.807, 2.05) is 5.32 Å². The molecule has 8 nitrogen and oxygen atoms in total. The molecule has 0 aliphatic carbocycles.